The fourth-order valence-corrected chi connectivity index (χ4v) is 2.74. The molecule has 27 heavy (non-hydrogen) atoms. The van der Waals surface area contributed by atoms with Gasteiger partial charge in [0.15, 0.2) is 5.82 Å². The van der Waals surface area contributed by atoms with Crippen LogP contribution in [0.25, 0.3) is 5.69 Å². The fourth-order valence-electron chi connectivity index (χ4n) is 2.74. The monoisotopic (exact) mass is 369 g/mol. The molecule has 0 atom stereocenters. The van der Waals surface area contributed by atoms with Crippen LogP contribution < -0.4 is 4.74 Å². The van der Waals surface area contributed by atoms with E-state index in [-0.39, 0.29) is 24.5 Å². The number of aryl methyl sites for hydroxylation is 1. The van der Waals surface area contributed by atoms with Crippen LogP contribution in [0.2, 0.25) is 0 Å². The van der Waals surface area contributed by atoms with Gasteiger partial charge in [-0.15, -0.1) is 0 Å². The number of aliphatic hydroxyl groups is 1. The summed E-state index contributed by atoms with van der Waals surface area (Å²) in [6.07, 6.45) is 0.550. The summed E-state index contributed by atoms with van der Waals surface area (Å²) >= 11 is 0. The SMILES string of the molecule is Cc1nn(-c2ccc(F)cc2F)c(COc2ccc(CCO)cc2)c1C#N. The molecule has 0 fully saturated rings. The molecule has 138 valence electrons. The summed E-state index contributed by atoms with van der Waals surface area (Å²) in [4.78, 5) is 0. The van der Waals surface area contributed by atoms with Gasteiger partial charge in [0.1, 0.15) is 35.5 Å². The summed E-state index contributed by atoms with van der Waals surface area (Å²) in [6, 6.07) is 12.4. The molecule has 0 bridgehead atoms. The molecule has 1 aromatic heterocycles. The molecule has 0 amide bonds. The van der Waals surface area contributed by atoms with Gasteiger partial charge in [-0.1, -0.05) is 12.1 Å². The van der Waals surface area contributed by atoms with Gasteiger partial charge in [-0.05, 0) is 43.2 Å². The van der Waals surface area contributed by atoms with Crippen molar-refractivity contribution in [3.05, 3.63) is 76.6 Å². The number of ether oxygens (including phenoxy) is 1. The maximum atomic E-state index is 14.2. The number of aliphatic hydroxyl groups excluding tert-OH is 1. The first kappa shape index (κ1) is 18.5. The van der Waals surface area contributed by atoms with E-state index in [0.29, 0.717) is 23.6 Å². The van der Waals surface area contributed by atoms with Crippen LogP contribution in [0.4, 0.5) is 8.78 Å². The fraction of sp³-hybridized carbons (Fsp3) is 0.200. The Morgan fingerprint density at radius 3 is 2.56 bits per heavy atom. The van der Waals surface area contributed by atoms with E-state index in [1.165, 1.54) is 10.7 Å². The minimum absolute atomic E-state index is 0.0140. The second-order valence-corrected chi connectivity index (χ2v) is 5.93. The Morgan fingerprint density at radius 1 is 1.19 bits per heavy atom. The third-order valence-corrected chi connectivity index (χ3v) is 4.11. The van der Waals surface area contributed by atoms with Gasteiger partial charge in [0.05, 0.1) is 11.4 Å². The van der Waals surface area contributed by atoms with Gasteiger partial charge < -0.3 is 9.84 Å². The van der Waals surface area contributed by atoms with E-state index in [1.54, 1.807) is 19.1 Å². The van der Waals surface area contributed by atoms with Crippen molar-refractivity contribution in [2.45, 2.75) is 20.0 Å². The molecule has 3 aromatic rings. The highest BCUT2D eigenvalue weighted by Crippen LogP contribution is 2.23. The molecule has 0 aliphatic carbocycles. The number of aromatic nitrogens is 2. The molecule has 7 heteroatoms. The highest BCUT2D eigenvalue weighted by molar-refractivity contribution is 5.44. The van der Waals surface area contributed by atoms with E-state index in [0.717, 1.165) is 17.7 Å². The second kappa shape index (κ2) is 7.98. The average Bonchev–Trinajstić information content (AvgIpc) is 2.96. The van der Waals surface area contributed by atoms with Crippen molar-refractivity contribution in [3.63, 3.8) is 0 Å². The van der Waals surface area contributed by atoms with E-state index in [1.807, 2.05) is 12.1 Å². The van der Waals surface area contributed by atoms with Crippen molar-refractivity contribution in [3.8, 4) is 17.5 Å². The summed E-state index contributed by atoms with van der Waals surface area (Å²) in [7, 11) is 0. The molecule has 0 spiro atoms. The lowest BCUT2D eigenvalue weighted by Crippen LogP contribution is -2.09. The third-order valence-electron chi connectivity index (χ3n) is 4.11. The summed E-state index contributed by atoms with van der Waals surface area (Å²) in [5.41, 5.74) is 2.10. The normalized spacial score (nSPS) is 10.6. The molecular weight excluding hydrogens is 352 g/mol. The first-order valence-corrected chi connectivity index (χ1v) is 8.30. The third kappa shape index (κ3) is 3.96. The molecule has 1 heterocycles. The largest absolute Gasteiger partial charge is 0.487 e. The van der Waals surface area contributed by atoms with Crippen LogP contribution in [0.3, 0.4) is 0 Å². The van der Waals surface area contributed by atoms with Crippen LogP contribution in [0, 0.1) is 29.9 Å². The van der Waals surface area contributed by atoms with Gasteiger partial charge in [-0.25, -0.2) is 13.5 Å². The zero-order valence-electron chi connectivity index (χ0n) is 14.6. The standard InChI is InChI=1S/C20H17F2N3O2/c1-13-17(11-23)20(12-27-16-5-2-14(3-6-16)8-9-26)25(24-13)19-7-4-15(21)10-18(19)22/h2-7,10,26H,8-9,12H2,1H3. The Bertz CT molecular complexity index is 992. The van der Waals surface area contributed by atoms with Crippen LogP contribution in [-0.2, 0) is 13.0 Å². The lowest BCUT2D eigenvalue weighted by Gasteiger charge is -2.11. The highest BCUT2D eigenvalue weighted by atomic mass is 19.1. The number of hydrogen-bond acceptors (Lipinski definition) is 4. The number of rotatable bonds is 6. The van der Waals surface area contributed by atoms with E-state index >= 15 is 0 Å². The average molecular weight is 369 g/mol. The molecule has 0 aliphatic heterocycles. The number of nitrogens with zero attached hydrogens (tertiary/aromatic N) is 3. The van der Waals surface area contributed by atoms with Crippen molar-refractivity contribution >= 4 is 0 Å². The van der Waals surface area contributed by atoms with Crippen LogP contribution in [0.15, 0.2) is 42.5 Å². The van der Waals surface area contributed by atoms with Gasteiger partial charge in [-0.2, -0.15) is 10.4 Å². The predicted octanol–water partition coefficient (Wildman–Crippen LogP) is 3.44. The molecule has 0 saturated heterocycles. The van der Waals surface area contributed by atoms with Gasteiger partial charge in [-0.3, -0.25) is 0 Å². The van der Waals surface area contributed by atoms with Crippen LogP contribution >= 0.6 is 0 Å². The number of nitriles is 1. The van der Waals surface area contributed by atoms with Crippen LogP contribution in [-0.4, -0.2) is 21.5 Å². The Labute approximate surface area is 155 Å². The second-order valence-electron chi connectivity index (χ2n) is 5.93. The number of hydrogen-bond donors (Lipinski definition) is 1. The summed E-state index contributed by atoms with van der Waals surface area (Å²) in [6.45, 7) is 1.69. The Balaban J connectivity index is 1.91. The topological polar surface area (TPSA) is 71.1 Å². The molecule has 5 nitrogen and oxygen atoms in total. The molecule has 1 N–H and O–H groups in total. The Morgan fingerprint density at radius 2 is 1.93 bits per heavy atom. The van der Waals surface area contributed by atoms with E-state index in [4.69, 9.17) is 9.84 Å². The van der Waals surface area contributed by atoms with E-state index in [9.17, 15) is 14.0 Å². The molecule has 3 rings (SSSR count). The summed E-state index contributed by atoms with van der Waals surface area (Å²) in [5.74, 6) is -0.913. The van der Waals surface area contributed by atoms with Crippen molar-refractivity contribution in [1.29, 1.82) is 5.26 Å². The highest BCUT2D eigenvalue weighted by Gasteiger charge is 2.19. The minimum atomic E-state index is -0.781. The molecule has 0 saturated carbocycles. The first-order valence-electron chi connectivity index (χ1n) is 8.30. The van der Waals surface area contributed by atoms with E-state index < -0.39 is 11.6 Å². The van der Waals surface area contributed by atoms with Crippen molar-refractivity contribution in [2.24, 2.45) is 0 Å². The number of halogens is 2. The van der Waals surface area contributed by atoms with Crippen LogP contribution in [0.1, 0.15) is 22.5 Å². The molecule has 2 aromatic carbocycles. The Hall–Kier alpha value is -3.24. The lowest BCUT2D eigenvalue weighted by atomic mass is 10.1. The van der Waals surface area contributed by atoms with Gasteiger partial charge in [0.25, 0.3) is 0 Å². The summed E-state index contributed by atoms with van der Waals surface area (Å²) in [5, 5.41) is 22.6. The molecule has 0 aliphatic rings. The molecule has 0 radical (unpaired) electrons. The quantitative estimate of drug-likeness (QED) is 0.723. The van der Waals surface area contributed by atoms with E-state index in [2.05, 4.69) is 11.2 Å². The predicted molar refractivity (Wildman–Crippen MR) is 94.5 cm³/mol. The molecular formula is C20H17F2N3O2. The number of benzene rings is 2. The maximum absolute atomic E-state index is 14.2. The lowest BCUT2D eigenvalue weighted by molar-refractivity contribution is 0.295. The Kier molecular flexibility index (Phi) is 5.48. The van der Waals surface area contributed by atoms with Gasteiger partial charge >= 0.3 is 0 Å². The maximum Gasteiger partial charge on any atom is 0.151 e. The van der Waals surface area contributed by atoms with Gasteiger partial charge in [0.2, 0.25) is 0 Å². The van der Waals surface area contributed by atoms with Crippen LogP contribution in [0.5, 0.6) is 5.75 Å². The van der Waals surface area contributed by atoms with Crippen molar-refractivity contribution < 1.29 is 18.6 Å². The zero-order valence-corrected chi connectivity index (χ0v) is 14.6. The minimum Gasteiger partial charge on any atom is -0.487 e. The summed E-state index contributed by atoms with van der Waals surface area (Å²) < 4.78 is 34.4. The zero-order chi connectivity index (χ0) is 19.4. The molecule has 0 unspecified atom stereocenters. The smallest absolute Gasteiger partial charge is 0.151 e. The van der Waals surface area contributed by atoms with Gasteiger partial charge in [0, 0.05) is 12.7 Å². The first-order chi connectivity index (χ1) is 13.0. The van der Waals surface area contributed by atoms with Crippen molar-refractivity contribution in [1.82, 2.24) is 9.78 Å². The van der Waals surface area contributed by atoms with Crippen molar-refractivity contribution in [2.75, 3.05) is 6.61 Å².